The molecule has 5 rings (SSSR count). The third-order valence-corrected chi connectivity index (χ3v) is 7.93. The van der Waals surface area contributed by atoms with E-state index in [1.165, 1.54) is 10.5 Å². The predicted octanol–water partition coefficient (Wildman–Crippen LogP) is 5.83. The normalized spacial score (nSPS) is 16.5. The van der Waals surface area contributed by atoms with Gasteiger partial charge in [-0.2, -0.15) is 4.98 Å². The largest absolute Gasteiger partial charge is 0.396 e. The van der Waals surface area contributed by atoms with Gasteiger partial charge in [0.25, 0.3) is 0 Å². The van der Waals surface area contributed by atoms with Crippen molar-refractivity contribution < 1.29 is 5.11 Å². The number of hydrogen-bond donors (Lipinski definition) is 2. The number of nitrogens with one attached hydrogen (secondary N) is 1. The highest BCUT2D eigenvalue weighted by atomic mass is 35.5. The molecule has 0 radical (unpaired) electrons. The number of halogens is 1. The van der Waals surface area contributed by atoms with Gasteiger partial charge in [0, 0.05) is 30.4 Å². The number of aryl methyl sites for hydroxylation is 1. The van der Waals surface area contributed by atoms with Crippen LogP contribution < -0.4 is 10.2 Å². The van der Waals surface area contributed by atoms with Gasteiger partial charge in [-0.1, -0.05) is 35.9 Å². The SMILES string of the molecule is OCCc1ccc(Nc2nc(N3CCC(c4ccc(Cl)cc4)CC3)nc3c2SCCC3)cc1. The standard InChI is InChI=1S/C26H29ClN4OS/c27-21-7-5-19(6-8-21)20-11-14-31(15-12-20)26-29-23-2-1-17-33-24(23)25(30-26)28-22-9-3-18(4-10-22)13-16-32/h3-10,20,32H,1-2,11-17H2,(H,28,29,30). The number of hydrogen-bond acceptors (Lipinski definition) is 6. The molecule has 1 aromatic heterocycles. The summed E-state index contributed by atoms with van der Waals surface area (Å²) in [4.78, 5) is 13.5. The molecule has 5 nitrogen and oxygen atoms in total. The number of aliphatic hydroxyl groups is 1. The summed E-state index contributed by atoms with van der Waals surface area (Å²) in [5.74, 6) is 3.41. The van der Waals surface area contributed by atoms with Gasteiger partial charge in [-0.05, 0) is 79.2 Å². The van der Waals surface area contributed by atoms with E-state index in [0.717, 1.165) is 78.3 Å². The summed E-state index contributed by atoms with van der Waals surface area (Å²) >= 11 is 7.91. The molecule has 0 unspecified atom stereocenters. The van der Waals surface area contributed by atoms with Gasteiger partial charge in [-0.3, -0.25) is 0 Å². The minimum Gasteiger partial charge on any atom is -0.396 e. The number of aromatic nitrogens is 2. The van der Waals surface area contributed by atoms with Gasteiger partial charge in [0.15, 0.2) is 0 Å². The van der Waals surface area contributed by atoms with Crippen LogP contribution in [0.15, 0.2) is 53.4 Å². The molecule has 2 aliphatic rings. The molecule has 2 N–H and O–H groups in total. The van der Waals surface area contributed by atoms with E-state index >= 15 is 0 Å². The molecule has 2 aromatic carbocycles. The molecular weight excluding hydrogens is 452 g/mol. The summed E-state index contributed by atoms with van der Waals surface area (Å²) in [5.41, 5.74) is 4.67. The van der Waals surface area contributed by atoms with Crippen LogP contribution in [0.5, 0.6) is 0 Å². The van der Waals surface area contributed by atoms with Crippen molar-refractivity contribution >= 4 is 40.8 Å². The zero-order valence-corrected chi connectivity index (χ0v) is 20.2. The molecule has 0 aliphatic carbocycles. The number of benzene rings is 2. The van der Waals surface area contributed by atoms with Crippen LogP contribution in [0.3, 0.4) is 0 Å². The van der Waals surface area contributed by atoms with E-state index < -0.39 is 0 Å². The molecule has 3 heterocycles. The van der Waals surface area contributed by atoms with Crippen molar-refractivity contribution in [3.05, 3.63) is 70.4 Å². The summed E-state index contributed by atoms with van der Waals surface area (Å²) in [6.07, 6.45) is 5.01. The van der Waals surface area contributed by atoms with Gasteiger partial charge in [0.05, 0.1) is 10.6 Å². The summed E-state index contributed by atoms with van der Waals surface area (Å²) < 4.78 is 0. The van der Waals surface area contributed by atoms with Crippen molar-refractivity contribution in [2.75, 3.05) is 35.7 Å². The van der Waals surface area contributed by atoms with Crippen molar-refractivity contribution in [3.63, 3.8) is 0 Å². The van der Waals surface area contributed by atoms with Crippen LogP contribution in [0.4, 0.5) is 17.5 Å². The Balaban J connectivity index is 1.34. The molecule has 1 fully saturated rings. The molecule has 0 atom stereocenters. The number of piperidine rings is 1. The van der Waals surface area contributed by atoms with Crippen LogP contribution in [0.2, 0.25) is 5.02 Å². The van der Waals surface area contributed by atoms with Crippen molar-refractivity contribution in [2.45, 2.75) is 42.9 Å². The first kappa shape index (κ1) is 22.5. The first-order chi connectivity index (χ1) is 16.2. The first-order valence-electron chi connectivity index (χ1n) is 11.7. The quantitative estimate of drug-likeness (QED) is 0.462. The number of anilines is 3. The van der Waals surface area contributed by atoms with E-state index in [9.17, 15) is 0 Å². The minimum atomic E-state index is 0.168. The number of thioether (sulfide) groups is 1. The fourth-order valence-corrected chi connectivity index (χ4v) is 5.78. The Morgan fingerprint density at radius 2 is 1.79 bits per heavy atom. The Kier molecular flexibility index (Phi) is 7.04. The van der Waals surface area contributed by atoms with Gasteiger partial charge in [0.1, 0.15) is 5.82 Å². The van der Waals surface area contributed by atoms with Gasteiger partial charge in [0.2, 0.25) is 5.95 Å². The second-order valence-corrected chi connectivity index (χ2v) is 10.3. The summed E-state index contributed by atoms with van der Waals surface area (Å²) in [5, 5.41) is 13.5. The minimum absolute atomic E-state index is 0.168. The molecule has 2 aliphatic heterocycles. The lowest BCUT2D eigenvalue weighted by Crippen LogP contribution is -2.34. The maximum atomic E-state index is 9.16. The molecule has 172 valence electrons. The van der Waals surface area contributed by atoms with Crippen molar-refractivity contribution in [1.82, 2.24) is 9.97 Å². The highest BCUT2D eigenvalue weighted by molar-refractivity contribution is 7.99. The van der Waals surface area contributed by atoms with Crippen LogP contribution in [0.25, 0.3) is 0 Å². The molecular formula is C26H29ClN4OS. The third-order valence-electron chi connectivity index (χ3n) is 6.46. The van der Waals surface area contributed by atoms with Crippen LogP contribution in [0.1, 0.15) is 42.0 Å². The molecule has 0 saturated carbocycles. The van der Waals surface area contributed by atoms with Gasteiger partial charge >= 0.3 is 0 Å². The highest BCUT2D eigenvalue weighted by Gasteiger charge is 2.25. The van der Waals surface area contributed by atoms with Gasteiger partial charge < -0.3 is 15.3 Å². The van der Waals surface area contributed by atoms with E-state index in [1.54, 1.807) is 0 Å². The zero-order chi connectivity index (χ0) is 22.6. The average Bonchev–Trinajstić information content (AvgIpc) is 2.86. The number of nitrogens with zero attached hydrogens (tertiary/aromatic N) is 3. The van der Waals surface area contributed by atoms with Crippen LogP contribution in [0, 0.1) is 0 Å². The van der Waals surface area contributed by atoms with Gasteiger partial charge in [-0.15, -0.1) is 11.8 Å². The Labute approximate surface area is 204 Å². The molecule has 0 spiro atoms. The number of rotatable bonds is 6. The van der Waals surface area contributed by atoms with E-state index in [4.69, 9.17) is 26.7 Å². The Morgan fingerprint density at radius 1 is 1.03 bits per heavy atom. The average molecular weight is 481 g/mol. The second kappa shape index (κ2) is 10.3. The third kappa shape index (κ3) is 5.29. The summed E-state index contributed by atoms with van der Waals surface area (Å²) in [6.45, 7) is 2.07. The van der Waals surface area contributed by atoms with Crippen molar-refractivity contribution in [2.24, 2.45) is 0 Å². The molecule has 0 bridgehead atoms. The van der Waals surface area contributed by atoms with E-state index in [-0.39, 0.29) is 6.61 Å². The highest BCUT2D eigenvalue weighted by Crippen LogP contribution is 2.38. The number of aliphatic hydroxyl groups excluding tert-OH is 1. The molecule has 33 heavy (non-hydrogen) atoms. The monoisotopic (exact) mass is 480 g/mol. The topological polar surface area (TPSA) is 61.3 Å². The lowest BCUT2D eigenvalue weighted by Gasteiger charge is -2.33. The second-order valence-electron chi connectivity index (χ2n) is 8.71. The van der Waals surface area contributed by atoms with Gasteiger partial charge in [-0.25, -0.2) is 4.98 Å². The van der Waals surface area contributed by atoms with E-state index in [0.29, 0.717) is 12.3 Å². The smallest absolute Gasteiger partial charge is 0.227 e. The lowest BCUT2D eigenvalue weighted by molar-refractivity contribution is 0.299. The zero-order valence-electron chi connectivity index (χ0n) is 18.6. The van der Waals surface area contributed by atoms with Crippen LogP contribution in [-0.4, -0.2) is 40.5 Å². The van der Waals surface area contributed by atoms with Crippen LogP contribution >= 0.6 is 23.4 Å². The Morgan fingerprint density at radius 3 is 2.52 bits per heavy atom. The molecule has 1 saturated heterocycles. The Hall–Kier alpha value is -2.28. The van der Waals surface area contributed by atoms with Crippen molar-refractivity contribution in [1.29, 1.82) is 0 Å². The maximum Gasteiger partial charge on any atom is 0.227 e. The van der Waals surface area contributed by atoms with E-state index in [2.05, 4.69) is 46.6 Å². The fraction of sp³-hybridized carbons (Fsp3) is 0.385. The van der Waals surface area contributed by atoms with Crippen LogP contribution in [-0.2, 0) is 12.8 Å². The number of fused-ring (bicyclic) bond motifs is 1. The first-order valence-corrected chi connectivity index (χ1v) is 13.1. The predicted molar refractivity (Wildman–Crippen MR) is 137 cm³/mol. The maximum absolute atomic E-state index is 9.16. The Bertz CT molecular complexity index is 1080. The lowest BCUT2D eigenvalue weighted by atomic mass is 9.89. The molecule has 3 aromatic rings. The summed E-state index contributed by atoms with van der Waals surface area (Å²) in [6, 6.07) is 16.5. The summed E-state index contributed by atoms with van der Waals surface area (Å²) in [7, 11) is 0. The van der Waals surface area contributed by atoms with E-state index in [1.807, 2.05) is 23.9 Å². The molecule has 7 heteroatoms. The van der Waals surface area contributed by atoms with Crippen molar-refractivity contribution in [3.8, 4) is 0 Å². The fourth-order valence-electron chi connectivity index (χ4n) is 4.61. The molecule has 0 amide bonds.